The van der Waals surface area contributed by atoms with Gasteiger partial charge in [-0.2, -0.15) is 0 Å². The number of nitrogens with zero attached hydrogens (tertiary/aromatic N) is 3. The van der Waals surface area contributed by atoms with Crippen LogP contribution < -0.4 is 10.0 Å². The summed E-state index contributed by atoms with van der Waals surface area (Å²) in [6, 6.07) is 4.35. The Morgan fingerprint density at radius 1 is 1.18 bits per heavy atom. The van der Waals surface area contributed by atoms with Crippen molar-refractivity contribution < 1.29 is 17.2 Å². The molecular weight excluding hydrogens is 503 g/mol. The van der Waals surface area contributed by atoms with Gasteiger partial charge in [-0.25, -0.2) is 32.2 Å². The number of hydrogen-bond donors (Lipinski definition) is 2. The number of sulfonamides is 1. The van der Waals surface area contributed by atoms with Gasteiger partial charge in [-0.05, 0) is 60.6 Å². The van der Waals surface area contributed by atoms with Crippen LogP contribution in [0.5, 0.6) is 0 Å². The molecule has 3 aromatic rings. The predicted molar refractivity (Wildman–Crippen MR) is 110 cm³/mol. The minimum Gasteiger partial charge on any atom is -0.348 e. The molecule has 0 bridgehead atoms. The molecule has 7 nitrogen and oxygen atoms in total. The second-order valence-corrected chi connectivity index (χ2v) is 9.61. The van der Waals surface area contributed by atoms with Crippen LogP contribution in [-0.4, -0.2) is 28.6 Å². The number of nitrogens with one attached hydrogen (secondary N) is 2. The minimum atomic E-state index is -3.72. The van der Waals surface area contributed by atoms with Crippen molar-refractivity contribution in [2.75, 3.05) is 10.0 Å². The van der Waals surface area contributed by atoms with Crippen LogP contribution in [0.4, 0.5) is 26.0 Å². The van der Waals surface area contributed by atoms with Crippen molar-refractivity contribution in [3.8, 4) is 0 Å². The fraction of sp³-hybridized carbons (Fsp3) is 0.235. The molecule has 1 aliphatic carbocycles. The van der Waals surface area contributed by atoms with E-state index >= 15 is 4.39 Å². The minimum absolute atomic E-state index is 0.0156. The van der Waals surface area contributed by atoms with Crippen molar-refractivity contribution >= 4 is 60.8 Å². The molecule has 1 fully saturated rings. The van der Waals surface area contributed by atoms with Gasteiger partial charge in [0.15, 0.2) is 11.6 Å². The molecule has 2 aromatic heterocycles. The molecule has 1 aromatic carbocycles. The zero-order chi connectivity index (χ0) is 20.1. The van der Waals surface area contributed by atoms with Gasteiger partial charge < -0.3 is 5.32 Å². The number of pyridine rings is 1. The lowest BCUT2D eigenvalue weighted by Gasteiger charge is -2.16. The Balaban J connectivity index is 1.88. The van der Waals surface area contributed by atoms with E-state index in [1.54, 1.807) is 13.0 Å². The molecule has 0 radical (unpaired) electrons. The van der Waals surface area contributed by atoms with E-state index in [0.29, 0.717) is 22.1 Å². The van der Waals surface area contributed by atoms with Gasteiger partial charge in [-0.15, -0.1) is 0 Å². The summed E-state index contributed by atoms with van der Waals surface area (Å²) < 4.78 is 57.3. The monoisotopic (exact) mass is 517 g/mol. The van der Waals surface area contributed by atoms with E-state index in [4.69, 9.17) is 0 Å². The maximum atomic E-state index is 15.2. The molecule has 0 spiro atoms. The molecule has 0 aliphatic heterocycles. The van der Waals surface area contributed by atoms with Gasteiger partial charge in [0.1, 0.15) is 28.9 Å². The topological polar surface area (TPSA) is 96.9 Å². The molecule has 0 amide bonds. The molecule has 4 rings (SSSR count). The normalized spacial score (nSPS) is 14.3. The highest BCUT2D eigenvalue weighted by Gasteiger charge is 2.37. The predicted octanol–water partition coefficient (Wildman–Crippen LogP) is 3.86. The highest BCUT2D eigenvalue weighted by atomic mass is 127. The highest BCUT2D eigenvalue weighted by Crippen LogP contribution is 2.36. The van der Waals surface area contributed by atoms with Crippen molar-refractivity contribution in [3.05, 3.63) is 45.4 Å². The second kappa shape index (κ2) is 7.03. The first-order valence-electron chi connectivity index (χ1n) is 8.31. The Labute approximate surface area is 173 Å². The number of rotatable bonds is 5. The fourth-order valence-electron chi connectivity index (χ4n) is 2.66. The molecule has 146 valence electrons. The first kappa shape index (κ1) is 19.2. The summed E-state index contributed by atoms with van der Waals surface area (Å²) >= 11 is 1.95. The molecule has 0 saturated heterocycles. The Morgan fingerprint density at radius 3 is 2.61 bits per heavy atom. The van der Waals surface area contributed by atoms with Crippen LogP contribution in [0, 0.1) is 22.1 Å². The number of benzene rings is 1. The summed E-state index contributed by atoms with van der Waals surface area (Å²) in [6.45, 7) is 1.61. The Morgan fingerprint density at radius 2 is 1.93 bits per heavy atom. The van der Waals surface area contributed by atoms with Gasteiger partial charge in [-0.1, -0.05) is 0 Å². The average Bonchev–Trinajstić information content (AvgIpc) is 3.46. The quantitative estimate of drug-likeness (QED) is 0.499. The maximum absolute atomic E-state index is 15.2. The SMILES string of the molecule is Cc1ncnc2c(F)c(Nc3ccc(I)cc3F)c(NS(=O)(=O)C3CC3)nc12. The zero-order valence-electron chi connectivity index (χ0n) is 14.5. The van der Waals surface area contributed by atoms with Crippen molar-refractivity contribution in [1.82, 2.24) is 15.0 Å². The van der Waals surface area contributed by atoms with Gasteiger partial charge in [0.25, 0.3) is 0 Å². The summed E-state index contributed by atoms with van der Waals surface area (Å²) in [5.74, 6) is -1.71. The summed E-state index contributed by atoms with van der Waals surface area (Å²) in [4.78, 5) is 12.1. The van der Waals surface area contributed by atoms with Crippen molar-refractivity contribution in [2.24, 2.45) is 0 Å². The molecule has 28 heavy (non-hydrogen) atoms. The van der Waals surface area contributed by atoms with Crippen molar-refractivity contribution in [3.63, 3.8) is 0 Å². The largest absolute Gasteiger partial charge is 0.348 e. The molecule has 1 aliphatic rings. The standard InChI is InChI=1S/C17H14F2IN5O2S/c1-8-14-15(22-7-21-8)13(19)16(23-12-5-2-9(20)6-11(12)18)17(24-14)25-28(26,27)10-3-4-10/h2,5-7,10,23H,3-4H2,1H3,(H,24,25). The number of aryl methyl sites for hydroxylation is 1. The van der Waals surface area contributed by atoms with Crippen molar-refractivity contribution in [1.29, 1.82) is 0 Å². The van der Waals surface area contributed by atoms with E-state index in [-0.39, 0.29) is 28.2 Å². The molecule has 2 N–H and O–H groups in total. The van der Waals surface area contributed by atoms with Gasteiger partial charge in [0.2, 0.25) is 10.0 Å². The van der Waals surface area contributed by atoms with Crippen LogP contribution in [0.25, 0.3) is 11.0 Å². The van der Waals surface area contributed by atoms with Gasteiger partial charge in [-0.3, -0.25) is 4.72 Å². The van der Waals surface area contributed by atoms with E-state index < -0.39 is 26.9 Å². The van der Waals surface area contributed by atoms with Crippen LogP contribution in [-0.2, 0) is 10.0 Å². The van der Waals surface area contributed by atoms with E-state index in [2.05, 4.69) is 25.0 Å². The Kier molecular flexibility index (Phi) is 4.81. The Bertz CT molecular complexity index is 1200. The lowest BCUT2D eigenvalue weighted by atomic mass is 10.2. The smallest absolute Gasteiger partial charge is 0.236 e. The molecular formula is C17H14F2IN5O2S. The third-order valence-electron chi connectivity index (χ3n) is 4.29. The zero-order valence-corrected chi connectivity index (χ0v) is 17.5. The van der Waals surface area contributed by atoms with Crippen LogP contribution in [0.2, 0.25) is 0 Å². The fourth-order valence-corrected chi connectivity index (χ4v) is 4.46. The van der Waals surface area contributed by atoms with Gasteiger partial charge in [0, 0.05) is 3.57 Å². The lowest BCUT2D eigenvalue weighted by molar-refractivity contribution is 0.599. The van der Waals surface area contributed by atoms with Gasteiger partial charge >= 0.3 is 0 Å². The number of aromatic nitrogens is 3. The van der Waals surface area contributed by atoms with E-state index in [1.165, 1.54) is 18.5 Å². The molecule has 0 atom stereocenters. The summed E-state index contributed by atoms with van der Waals surface area (Å²) in [6.07, 6.45) is 2.25. The lowest BCUT2D eigenvalue weighted by Crippen LogP contribution is -2.20. The van der Waals surface area contributed by atoms with Gasteiger partial charge in [0.05, 0.1) is 16.6 Å². The summed E-state index contributed by atoms with van der Waals surface area (Å²) in [7, 11) is -3.72. The first-order valence-corrected chi connectivity index (χ1v) is 10.9. The second-order valence-electron chi connectivity index (χ2n) is 6.40. The Hall–Kier alpha value is -2.15. The van der Waals surface area contributed by atoms with E-state index in [9.17, 15) is 12.8 Å². The third-order valence-corrected chi connectivity index (χ3v) is 6.78. The maximum Gasteiger partial charge on any atom is 0.236 e. The van der Waals surface area contributed by atoms with Crippen molar-refractivity contribution in [2.45, 2.75) is 25.0 Å². The number of halogens is 3. The third kappa shape index (κ3) is 3.60. The first-order chi connectivity index (χ1) is 13.3. The number of anilines is 3. The average molecular weight is 517 g/mol. The highest BCUT2D eigenvalue weighted by molar-refractivity contribution is 14.1. The molecule has 2 heterocycles. The van der Waals surface area contributed by atoms with Crippen LogP contribution in [0.1, 0.15) is 18.5 Å². The van der Waals surface area contributed by atoms with Crippen LogP contribution >= 0.6 is 22.6 Å². The summed E-state index contributed by atoms with van der Waals surface area (Å²) in [5, 5.41) is 2.09. The molecule has 0 unspecified atom stereocenters. The van der Waals surface area contributed by atoms with Crippen LogP contribution in [0.3, 0.4) is 0 Å². The number of hydrogen-bond acceptors (Lipinski definition) is 6. The molecule has 1 saturated carbocycles. The van der Waals surface area contributed by atoms with Crippen LogP contribution in [0.15, 0.2) is 24.5 Å². The summed E-state index contributed by atoms with van der Waals surface area (Å²) in [5.41, 5.74) is 0.119. The molecule has 11 heteroatoms. The number of fused-ring (bicyclic) bond motifs is 1. The van der Waals surface area contributed by atoms with E-state index in [1.807, 2.05) is 22.6 Å². The van der Waals surface area contributed by atoms with E-state index in [0.717, 1.165) is 0 Å².